The van der Waals surface area contributed by atoms with Gasteiger partial charge in [0.05, 0.1) is 11.3 Å². The van der Waals surface area contributed by atoms with Gasteiger partial charge in [-0.2, -0.15) is 16.4 Å². The first-order chi connectivity index (χ1) is 10.1. The van der Waals surface area contributed by atoms with Crippen molar-refractivity contribution in [3.63, 3.8) is 0 Å². The molecule has 4 nitrogen and oxygen atoms in total. The number of thiophene rings is 1. The third-order valence-corrected chi connectivity index (χ3v) is 4.01. The van der Waals surface area contributed by atoms with Crippen LogP contribution in [0.2, 0.25) is 0 Å². The molecular weight excluding hydrogens is 282 g/mol. The molecule has 0 aliphatic carbocycles. The fourth-order valence-corrected chi connectivity index (χ4v) is 2.79. The first-order valence-corrected chi connectivity index (χ1v) is 7.53. The van der Waals surface area contributed by atoms with Gasteiger partial charge in [-0.15, -0.1) is 0 Å². The number of nitrogens with one attached hydrogen (secondary N) is 1. The smallest absolute Gasteiger partial charge is 0.257 e. The Balaban J connectivity index is 1.89. The van der Waals surface area contributed by atoms with E-state index in [0.717, 1.165) is 16.8 Å². The summed E-state index contributed by atoms with van der Waals surface area (Å²) < 4.78 is 1.69. The first kappa shape index (κ1) is 13.6. The molecule has 0 atom stereocenters. The molecule has 0 bridgehead atoms. The molecular formula is C16H15N3OS. The van der Waals surface area contributed by atoms with Gasteiger partial charge in [0.2, 0.25) is 0 Å². The van der Waals surface area contributed by atoms with Crippen molar-refractivity contribution < 1.29 is 4.79 Å². The minimum absolute atomic E-state index is 0.115. The molecule has 1 amide bonds. The molecule has 0 aliphatic rings. The van der Waals surface area contributed by atoms with Crippen molar-refractivity contribution in [1.29, 1.82) is 0 Å². The molecule has 0 fully saturated rings. The molecule has 3 aromatic rings. The Morgan fingerprint density at radius 1 is 1.29 bits per heavy atom. The summed E-state index contributed by atoms with van der Waals surface area (Å²) in [5.74, 6) is 0.569. The van der Waals surface area contributed by atoms with Gasteiger partial charge in [-0.25, -0.2) is 0 Å². The second-order valence-corrected chi connectivity index (χ2v) is 5.60. The normalized spacial score (nSPS) is 10.6. The Bertz CT molecular complexity index is 775. The summed E-state index contributed by atoms with van der Waals surface area (Å²) in [5.41, 5.74) is 3.75. The number of hydrogen-bond acceptors (Lipinski definition) is 3. The molecule has 2 aromatic heterocycles. The van der Waals surface area contributed by atoms with Gasteiger partial charge in [0.1, 0.15) is 5.82 Å². The van der Waals surface area contributed by atoms with Crippen molar-refractivity contribution >= 4 is 23.1 Å². The van der Waals surface area contributed by atoms with Crippen molar-refractivity contribution in [3.8, 4) is 11.3 Å². The summed E-state index contributed by atoms with van der Waals surface area (Å²) in [6, 6.07) is 11.8. The van der Waals surface area contributed by atoms with E-state index in [0.29, 0.717) is 11.4 Å². The zero-order valence-electron chi connectivity index (χ0n) is 11.8. The Morgan fingerprint density at radius 2 is 2.10 bits per heavy atom. The number of amides is 1. The fraction of sp³-hybridized carbons (Fsp3) is 0.125. The van der Waals surface area contributed by atoms with Crippen molar-refractivity contribution in [1.82, 2.24) is 9.78 Å². The van der Waals surface area contributed by atoms with E-state index in [1.807, 2.05) is 55.1 Å². The summed E-state index contributed by atoms with van der Waals surface area (Å²) in [7, 11) is 1.82. The van der Waals surface area contributed by atoms with E-state index in [9.17, 15) is 4.79 Å². The van der Waals surface area contributed by atoms with E-state index in [1.54, 1.807) is 10.7 Å². The molecule has 3 rings (SSSR count). The summed E-state index contributed by atoms with van der Waals surface area (Å²) in [6.07, 6.45) is 0. The van der Waals surface area contributed by atoms with Crippen LogP contribution in [0.4, 0.5) is 5.82 Å². The van der Waals surface area contributed by atoms with Crippen molar-refractivity contribution in [2.45, 2.75) is 6.92 Å². The number of carbonyl (C=O) groups excluding carboxylic acids is 1. The lowest BCUT2D eigenvalue weighted by Crippen LogP contribution is -2.13. The summed E-state index contributed by atoms with van der Waals surface area (Å²) in [4.78, 5) is 12.1. The zero-order valence-corrected chi connectivity index (χ0v) is 12.6. The third kappa shape index (κ3) is 2.73. The van der Waals surface area contributed by atoms with Gasteiger partial charge in [0, 0.05) is 24.1 Å². The molecule has 0 spiro atoms. The van der Waals surface area contributed by atoms with Gasteiger partial charge >= 0.3 is 0 Å². The second-order valence-electron chi connectivity index (χ2n) is 4.82. The maximum atomic E-state index is 12.1. The predicted octanol–water partition coefficient (Wildman–Crippen LogP) is 3.71. The van der Waals surface area contributed by atoms with Crippen LogP contribution in [0.25, 0.3) is 11.3 Å². The molecule has 1 N–H and O–H groups in total. The van der Waals surface area contributed by atoms with Crippen LogP contribution >= 0.6 is 11.3 Å². The van der Waals surface area contributed by atoms with E-state index in [4.69, 9.17) is 0 Å². The number of anilines is 1. The highest BCUT2D eigenvalue weighted by Crippen LogP contribution is 2.24. The highest BCUT2D eigenvalue weighted by atomic mass is 32.1. The minimum atomic E-state index is -0.115. The molecule has 1 aromatic carbocycles. The molecule has 0 unspecified atom stereocenters. The average molecular weight is 297 g/mol. The first-order valence-electron chi connectivity index (χ1n) is 6.59. The number of benzene rings is 1. The minimum Gasteiger partial charge on any atom is -0.307 e. The van der Waals surface area contributed by atoms with Crippen molar-refractivity contribution in [2.75, 3.05) is 5.32 Å². The number of nitrogens with zero attached hydrogens (tertiary/aromatic N) is 2. The monoisotopic (exact) mass is 297 g/mol. The largest absolute Gasteiger partial charge is 0.307 e. The summed E-state index contributed by atoms with van der Waals surface area (Å²) in [5, 5.41) is 11.1. The highest BCUT2D eigenvalue weighted by Gasteiger charge is 2.12. The Labute approximate surface area is 127 Å². The van der Waals surface area contributed by atoms with Crippen molar-refractivity contribution in [3.05, 3.63) is 58.3 Å². The lowest BCUT2D eigenvalue weighted by Gasteiger charge is -2.02. The van der Waals surface area contributed by atoms with Crippen molar-refractivity contribution in [2.24, 2.45) is 7.05 Å². The second kappa shape index (κ2) is 5.54. The van der Waals surface area contributed by atoms with E-state index >= 15 is 0 Å². The van der Waals surface area contributed by atoms with Gasteiger partial charge < -0.3 is 5.32 Å². The molecule has 0 saturated heterocycles. The highest BCUT2D eigenvalue weighted by molar-refractivity contribution is 7.08. The standard InChI is InChI=1S/C16H15N3OS/c1-11-5-3-4-6-13(11)14-9-15(19(2)18-14)17-16(20)12-7-8-21-10-12/h3-10H,1-2H3,(H,17,20). The molecule has 0 saturated carbocycles. The molecule has 106 valence electrons. The van der Waals surface area contributed by atoms with E-state index in [-0.39, 0.29) is 5.91 Å². The molecule has 21 heavy (non-hydrogen) atoms. The van der Waals surface area contributed by atoms with Crippen LogP contribution in [0.5, 0.6) is 0 Å². The van der Waals surface area contributed by atoms with Gasteiger partial charge in [-0.3, -0.25) is 9.48 Å². The van der Waals surface area contributed by atoms with Crippen LogP contribution < -0.4 is 5.32 Å². The van der Waals surface area contributed by atoms with E-state index in [1.165, 1.54) is 11.3 Å². The topological polar surface area (TPSA) is 46.9 Å². The number of carbonyl (C=O) groups is 1. The summed E-state index contributed by atoms with van der Waals surface area (Å²) in [6.45, 7) is 2.05. The lowest BCUT2D eigenvalue weighted by atomic mass is 10.1. The van der Waals surface area contributed by atoms with Gasteiger partial charge in [0.25, 0.3) is 5.91 Å². The van der Waals surface area contributed by atoms with Gasteiger partial charge in [-0.1, -0.05) is 24.3 Å². The SMILES string of the molecule is Cc1ccccc1-c1cc(NC(=O)c2ccsc2)n(C)n1. The van der Waals surface area contributed by atoms with Crippen LogP contribution in [0.1, 0.15) is 15.9 Å². The number of rotatable bonds is 3. The summed E-state index contributed by atoms with van der Waals surface area (Å²) >= 11 is 1.50. The van der Waals surface area contributed by atoms with Crippen LogP contribution in [0.15, 0.2) is 47.2 Å². The third-order valence-electron chi connectivity index (χ3n) is 3.33. The molecule has 5 heteroatoms. The van der Waals surface area contributed by atoms with Crippen LogP contribution in [-0.4, -0.2) is 15.7 Å². The fourth-order valence-electron chi connectivity index (χ4n) is 2.16. The Morgan fingerprint density at radius 3 is 2.81 bits per heavy atom. The van der Waals surface area contributed by atoms with Gasteiger partial charge in [-0.05, 0) is 23.9 Å². The lowest BCUT2D eigenvalue weighted by molar-refractivity contribution is 0.102. The predicted molar refractivity (Wildman–Crippen MR) is 85.7 cm³/mol. The molecule has 0 radical (unpaired) electrons. The number of aromatic nitrogens is 2. The number of aryl methyl sites for hydroxylation is 2. The number of hydrogen-bond donors (Lipinski definition) is 1. The van der Waals surface area contributed by atoms with Crippen LogP contribution in [0, 0.1) is 6.92 Å². The molecule has 0 aliphatic heterocycles. The maximum absolute atomic E-state index is 12.1. The van der Waals surface area contributed by atoms with Crippen LogP contribution in [-0.2, 0) is 7.05 Å². The van der Waals surface area contributed by atoms with Gasteiger partial charge in [0.15, 0.2) is 0 Å². The van der Waals surface area contributed by atoms with E-state index < -0.39 is 0 Å². The quantitative estimate of drug-likeness (QED) is 0.801. The Hall–Kier alpha value is -2.40. The average Bonchev–Trinajstić information content (AvgIpc) is 3.10. The maximum Gasteiger partial charge on any atom is 0.257 e. The van der Waals surface area contributed by atoms with E-state index in [2.05, 4.69) is 10.4 Å². The zero-order chi connectivity index (χ0) is 14.8. The Kier molecular flexibility index (Phi) is 3.58. The molecule has 2 heterocycles. The van der Waals surface area contributed by atoms with Crippen LogP contribution in [0.3, 0.4) is 0 Å².